The molecule has 0 aliphatic carbocycles. The fraction of sp³-hybridized carbons (Fsp3) is 0.158. The largest absolute Gasteiger partial charge is 0.493 e. The Labute approximate surface area is 159 Å². The van der Waals surface area contributed by atoms with E-state index in [1.807, 2.05) is 12.1 Å². The Kier molecular flexibility index (Phi) is 5.77. The van der Waals surface area contributed by atoms with Crippen molar-refractivity contribution in [2.45, 2.75) is 6.54 Å². The fourth-order valence-electron chi connectivity index (χ4n) is 2.46. The van der Waals surface area contributed by atoms with Gasteiger partial charge in [0.15, 0.2) is 17.3 Å². The third kappa shape index (κ3) is 4.29. The molecule has 0 bridgehead atoms. The molecule has 7 nitrogen and oxygen atoms in total. The lowest BCUT2D eigenvalue weighted by Crippen LogP contribution is -2.22. The number of carbonyl (C=O) groups excluding carboxylic acids is 2. The highest BCUT2D eigenvalue weighted by Crippen LogP contribution is 2.30. The SMILES string of the molecule is COc1cccc(CNC(=O)c2ccc(NC(=O)c3ccco3)s2)c1OC. The maximum Gasteiger partial charge on any atom is 0.291 e. The van der Waals surface area contributed by atoms with E-state index < -0.39 is 0 Å². The zero-order chi connectivity index (χ0) is 19.2. The summed E-state index contributed by atoms with van der Waals surface area (Å²) in [6.45, 7) is 0.283. The molecule has 0 saturated carbocycles. The van der Waals surface area contributed by atoms with Gasteiger partial charge >= 0.3 is 0 Å². The Bertz CT molecular complexity index is 933. The van der Waals surface area contributed by atoms with Crippen LogP contribution >= 0.6 is 11.3 Å². The highest BCUT2D eigenvalue weighted by molar-refractivity contribution is 7.18. The molecule has 2 N–H and O–H groups in total. The van der Waals surface area contributed by atoms with Gasteiger partial charge < -0.3 is 24.5 Å². The lowest BCUT2D eigenvalue weighted by atomic mass is 10.2. The number of amides is 2. The zero-order valence-corrected chi connectivity index (χ0v) is 15.6. The molecule has 8 heteroatoms. The summed E-state index contributed by atoms with van der Waals surface area (Å²) in [5.74, 6) is 0.777. The van der Waals surface area contributed by atoms with Crippen molar-refractivity contribution in [3.63, 3.8) is 0 Å². The van der Waals surface area contributed by atoms with Crippen LogP contribution in [0.4, 0.5) is 5.00 Å². The monoisotopic (exact) mass is 386 g/mol. The number of methoxy groups -OCH3 is 2. The number of rotatable bonds is 7. The lowest BCUT2D eigenvalue weighted by Gasteiger charge is -2.12. The third-order valence-corrected chi connectivity index (χ3v) is 4.73. The second-order valence-electron chi connectivity index (χ2n) is 5.43. The highest BCUT2D eigenvalue weighted by Gasteiger charge is 2.15. The minimum absolute atomic E-state index is 0.208. The van der Waals surface area contributed by atoms with Gasteiger partial charge in [-0.15, -0.1) is 11.3 Å². The number of benzene rings is 1. The Balaban J connectivity index is 1.62. The van der Waals surface area contributed by atoms with E-state index in [2.05, 4.69) is 10.6 Å². The van der Waals surface area contributed by atoms with Crippen molar-refractivity contribution in [3.8, 4) is 11.5 Å². The molecule has 27 heavy (non-hydrogen) atoms. The molecular formula is C19H18N2O5S. The quantitative estimate of drug-likeness (QED) is 0.648. The van der Waals surface area contributed by atoms with E-state index in [0.29, 0.717) is 21.4 Å². The van der Waals surface area contributed by atoms with Crippen LogP contribution in [0.2, 0.25) is 0 Å². The van der Waals surface area contributed by atoms with Crippen LogP contribution in [-0.4, -0.2) is 26.0 Å². The van der Waals surface area contributed by atoms with E-state index in [1.165, 1.54) is 17.6 Å². The van der Waals surface area contributed by atoms with Crippen LogP contribution in [0.1, 0.15) is 25.8 Å². The summed E-state index contributed by atoms with van der Waals surface area (Å²) in [6.07, 6.45) is 1.43. The van der Waals surface area contributed by atoms with Gasteiger partial charge in [-0.2, -0.15) is 0 Å². The van der Waals surface area contributed by atoms with Gasteiger partial charge in [0.25, 0.3) is 11.8 Å². The first-order valence-electron chi connectivity index (χ1n) is 8.05. The number of hydrogen-bond donors (Lipinski definition) is 2. The van der Waals surface area contributed by atoms with Crippen LogP contribution in [0.3, 0.4) is 0 Å². The second-order valence-corrected chi connectivity index (χ2v) is 6.51. The normalized spacial score (nSPS) is 10.3. The van der Waals surface area contributed by atoms with Gasteiger partial charge in [0.1, 0.15) is 0 Å². The first kappa shape index (κ1) is 18.5. The van der Waals surface area contributed by atoms with E-state index in [0.717, 1.165) is 5.56 Å². The molecule has 140 valence electrons. The van der Waals surface area contributed by atoms with Crippen LogP contribution in [-0.2, 0) is 6.54 Å². The molecule has 0 fully saturated rings. The van der Waals surface area contributed by atoms with E-state index in [1.54, 1.807) is 44.6 Å². The van der Waals surface area contributed by atoms with Crippen LogP contribution in [0.15, 0.2) is 53.1 Å². The van der Waals surface area contributed by atoms with Crippen molar-refractivity contribution in [2.24, 2.45) is 0 Å². The Hall–Kier alpha value is -3.26. The van der Waals surface area contributed by atoms with Crippen molar-refractivity contribution in [1.82, 2.24) is 5.32 Å². The van der Waals surface area contributed by atoms with Gasteiger partial charge in [-0.1, -0.05) is 12.1 Å². The summed E-state index contributed by atoms with van der Waals surface area (Å²) in [4.78, 5) is 24.8. The zero-order valence-electron chi connectivity index (χ0n) is 14.8. The molecule has 2 amide bonds. The predicted molar refractivity (Wildman–Crippen MR) is 102 cm³/mol. The number of anilines is 1. The Morgan fingerprint density at radius 2 is 1.89 bits per heavy atom. The van der Waals surface area contributed by atoms with E-state index in [-0.39, 0.29) is 24.1 Å². The summed E-state index contributed by atoms with van der Waals surface area (Å²) >= 11 is 1.18. The molecular weight excluding hydrogens is 368 g/mol. The van der Waals surface area contributed by atoms with E-state index >= 15 is 0 Å². The van der Waals surface area contributed by atoms with Crippen LogP contribution in [0, 0.1) is 0 Å². The maximum absolute atomic E-state index is 12.4. The Morgan fingerprint density at radius 1 is 1.04 bits per heavy atom. The number of thiophene rings is 1. The van der Waals surface area contributed by atoms with Crippen LogP contribution < -0.4 is 20.1 Å². The minimum atomic E-state index is -0.366. The summed E-state index contributed by atoms with van der Waals surface area (Å²) < 4.78 is 15.7. The van der Waals surface area contributed by atoms with Crippen molar-refractivity contribution in [3.05, 3.63) is 64.9 Å². The average Bonchev–Trinajstić information content (AvgIpc) is 3.37. The molecule has 0 aliphatic rings. The minimum Gasteiger partial charge on any atom is -0.493 e. The van der Waals surface area contributed by atoms with E-state index in [4.69, 9.17) is 13.9 Å². The van der Waals surface area contributed by atoms with Crippen molar-refractivity contribution < 1.29 is 23.5 Å². The second kappa shape index (κ2) is 8.41. The first-order valence-corrected chi connectivity index (χ1v) is 8.86. The molecule has 2 aromatic heterocycles. The van der Waals surface area contributed by atoms with Gasteiger partial charge in [0, 0.05) is 12.1 Å². The predicted octanol–water partition coefficient (Wildman–Crippen LogP) is 3.54. The average molecular weight is 386 g/mol. The molecule has 0 atom stereocenters. The van der Waals surface area contributed by atoms with Crippen LogP contribution in [0.5, 0.6) is 11.5 Å². The van der Waals surface area contributed by atoms with Crippen molar-refractivity contribution >= 4 is 28.2 Å². The molecule has 3 aromatic rings. The molecule has 0 spiro atoms. The number of para-hydroxylation sites is 1. The number of furan rings is 1. The molecule has 3 rings (SSSR count). The molecule has 1 aromatic carbocycles. The van der Waals surface area contributed by atoms with Crippen LogP contribution in [0.25, 0.3) is 0 Å². The fourth-order valence-corrected chi connectivity index (χ4v) is 3.28. The number of carbonyl (C=O) groups is 2. The standard InChI is InChI=1S/C19H18N2O5S/c1-24-13-6-3-5-12(17(13)25-2)11-20-19(23)15-8-9-16(27-15)21-18(22)14-7-4-10-26-14/h3-10H,11H2,1-2H3,(H,20,23)(H,21,22). The summed E-state index contributed by atoms with van der Waals surface area (Å²) in [7, 11) is 3.11. The smallest absolute Gasteiger partial charge is 0.291 e. The number of hydrogen-bond acceptors (Lipinski definition) is 6. The molecule has 0 radical (unpaired) electrons. The topological polar surface area (TPSA) is 89.8 Å². The molecule has 2 heterocycles. The molecule has 0 unspecified atom stereocenters. The van der Waals surface area contributed by atoms with Crippen molar-refractivity contribution in [2.75, 3.05) is 19.5 Å². The van der Waals surface area contributed by atoms with Gasteiger partial charge in [-0.05, 0) is 30.3 Å². The number of nitrogens with one attached hydrogen (secondary N) is 2. The van der Waals surface area contributed by atoms with Gasteiger partial charge in [0.05, 0.1) is 30.4 Å². The summed E-state index contributed by atoms with van der Waals surface area (Å²) in [5.41, 5.74) is 0.799. The Morgan fingerprint density at radius 3 is 2.59 bits per heavy atom. The van der Waals surface area contributed by atoms with Gasteiger partial charge in [-0.25, -0.2) is 0 Å². The van der Waals surface area contributed by atoms with E-state index in [9.17, 15) is 9.59 Å². The number of ether oxygens (including phenoxy) is 2. The third-order valence-electron chi connectivity index (χ3n) is 3.74. The molecule has 0 aliphatic heterocycles. The lowest BCUT2D eigenvalue weighted by molar-refractivity contribution is 0.0953. The summed E-state index contributed by atoms with van der Waals surface area (Å²) in [6, 6.07) is 12.0. The van der Waals surface area contributed by atoms with Crippen molar-refractivity contribution in [1.29, 1.82) is 0 Å². The maximum atomic E-state index is 12.4. The van der Waals surface area contributed by atoms with Gasteiger partial charge in [0.2, 0.25) is 0 Å². The first-order chi connectivity index (χ1) is 13.1. The molecule has 0 saturated heterocycles. The summed E-state index contributed by atoms with van der Waals surface area (Å²) in [5, 5.41) is 6.09. The highest BCUT2D eigenvalue weighted by atomic mass is 32.1. The van der Waals surface area contributed by atoms with Gasteiger partial charge in [-0.3, -0.25) is 9.59 Å².